The van der Waals surface area contributed by atoms with Crippen LogP contribution >= 0.6 is 0 Å². The van der Waals surface area contributed by atoms with Crippen LogP contribution in [0.1, 0.15) is 12.5 Å². The number of hydrogen-bond donors (Lipinski definition) is 1. The van der Waals surface area contributed by atoms with Crippen molar-refractivity contribution in [3.05, 3.63) is 54.2 Å². The Labute approximate surface area is 134 Å². The summed E-state index contributed by atoms with van der Waals surface area (Å²) in [5.41, 5.74) is 2.75. The zero-order valence-corrected chi connectivity index (χ0v) is 13.2. The molecule has 5 heteroatoms. The molecule has 0 aliphatic rings. The van der Waals surface area contributed by atoms with Gasteiger partial charge in [0.25, 0.3) is 5.91 Å². The van der Waals surface area contributed by atoms with Gasteiger partial charge in [-0.2, -0.15) is 5.10 Å². The number of aromatic nitrogens is 2. The second-order valence-electron chi connectivity index (χ2n) is 5.34. The Morgan fingerprint density at radius 1 is 1.26 bits per heavy atom. The minimum absolute atomic E-state index is 0.0179. The Morgan fingerprint density at radius 3 is 2.87 bits per heavy atom. The number of nitrogens with one attached hydrogen (secondary N) is 1. The molecule has 1 heterocycles. The highest BCUT2D eigenvalue weighted by atomic mass is 16.5. The molecule has 23 heavy (non-hydrogen) atoms. The zero-order chi connectivity index (χ0) is 16.2. The van der Waals surface area contributed by atoms with Gasteiger partial charge in [0.2, 0.25) is 0 Å². The van der Waals surface area contributed by atoms with Gasteiger partial charge in [-0.3, -0.25) is 9.48 Å². The second kappa shape index (κ2) is 6.52. The molecule has 118 valence electrons. The van der Waals surface area contributed by atoms with Crippen LogP contribution in [0.2, 0.25) is 0 Å². The first-order valence-corrected chi connectivity index (χ1v) is 7.61. The summed E-state index contributed by atoms with van der Waals surface area (Å²) in [5.74, 6) is 0.539. The largest absolute Gasteiger partial charge is 0.483 e. The summed E-state index contributed by atoms with van der Waals surface area (Å²) < 4.78 is 7.46. The quantitative estimate of drug-likeness (QED) is 0.786. The molecule has 0 spiro atoms. The minimum atomic E-state index is -0.185. The molecule has 0 unspecified atom stereocenters. The molecule has 0 radical (unpaired) electrons. The lowest BCUT2D eigenvalue weighted by Gasteiger charge is -2.09. The summed E-state index contributed by atoms with van der Waals surface area (Å²) in [5, 5.41) is 8.22. The van der Waals surface area contributed by atoms with E-state index in [0.29, 0.717) is 0 Å². The number of carbonyl (C=O) groups excluding carboxylic acids is 1. The molecule has 3 aromatic rings. The van der Waals surface area contributed by atoms with Gasteiger partial charge in [-0.05, 0) is 43.7 Å². The van der Waals surface area contributed by atoms with E-state index in [-0.39, 0.29) is 12.5 Å². The minimum Gasteiger partial charge on any atom is -0.483 e. The predicted molar refractivity (Wildman–Crippen MR) is 90.7 cm³/mol. The van der Waals surface area contributed by atoms with Crippen LogP contribution in [0.5, 0.6) is 5.75 Å². The van der Waals surface area contributed by atoms with Crippen molar-refractivity contribution in [1.29, 1.82) is 0 Å². The number of aryl methyl sites for hydroxylation is 2. The third-order valence-corrected chi connectivity index (χ3v) is 3.68. The van der Waals surface area contributed by atoms with E-state index in [9.17, 15) is 4.79 Å². The highest BCUT2D eigenvalue weighted by Gasteiger charge is 2.07. The van der Waals surface area contributed by atoms with Crippen LogP contribution in [0.3, 0.4) is 0 Å². The number of benzene rings is 2. The second-order valence-corrected chi connectivity index (χ2v) is 5.34. The third kappa shape index (κ3) is 3.34. The monoisotopic (exact) mass is 309 g/mol. The standard InChI is InChI=1S/C18H19N3O2/c1-3-21-16-10-15(9-8-14(16)11-19-21)20-18(22)12-23-17-7-5-4-6-13(17)2/h4-11H,3,12H2,1-2H3,(H,20,22). The molecule has 1 aromatic heterocycles. The van der Waals surface area contributed by atoms with Crippen molar-refractivity contribution in [2.24, 2.45) is 0 Å². The van der Waals surface area contributed by atoms with E-state index in [0.717, 1.165) is 34.4 Å². The summed E-state index contributed by atoms with van der Waals surface area (Å²) >= 11 is 0. The zero-order valence-electron chi connectivity index (χ0n) is 13.2. The Bertz CT molecular complexity index is 839. The first kappa shape index (κ1) is 15.1. The molecule has 1 N–H and O–H groups in total. The van der Waals surface area contributed by atoms with Gasteiger partial charge in [0.05, 0.1) is 11.7 Å². The summed E-state index contributed by atoms with van der Waals surface area (Å²) in [6, 6.07) is 13.4. The Kier molecular flexibility index (Phi) is 4.28. The average Bonchev–Trinajstić information content (AvgIpc) is 2.96. The van der Waals surface area contributed by atoms with E-state index < -0.39 is 0 Å². The van der Waals surface area contributed by atoms with Gasteiger partial charge in [-0.25, -0.2) is 0 Å². The number of carbonyl (C=O) groups is 1. The number of fused-ring (bicyclic) bond motifs is 1. The van der Waals surface area contributed by atoms with E-state index in [1.165, 1.54) is 0 Å². The van der Waals surface area contributed by atoms with Gasteiger partial charge in [0.1, 0.15) is 5.75 Å². The number of nitrogens with zero attached hydrogens (tertiary/aromatic N) is 2. The number of anilines is 1. The van der Waals surface area contributed by atoms with Crippen LogP contribution in [0.4, 0.5) is 5.69 Å². The van der Waals surface area contributed by atoms with E-state index in [1.54, 1.807) is 0 Å². The van der Waals surface area contributed by atoms with Crippen molar-refractivity contribution in [2.45, 2.75) is 20.4 Å². The molecule has 0 bridgehead atoms. The highest BCUT2D eigenvalue weighted by Crippen LogP contribution is 2.19. The van der Waals surface area contributed by atoms with E-state index in [4.69, 9.17) is 4.74 Å². The Morgan fingerprint density at radius 2 is 2.09 bits per heavy atom. The maximum absolute atomic E-state index is 12.1. The molecule has 0 saturated carbocycles. The third-order valence-electron chi connectivity index (χ3n) is 3.68. The SMILES string of the molecule is CCn1ncc2ccc(NC(=O)COc3ccccc3C)cc21. The molecule has 0 aliphatic heterocycles. The van der Waals surface area contributed by atoms with Crippen molar-refractivity contribution in [3.63, 3.8) is 0 Å². The van der Waals surface area contributed by atoms with Crippen LogP contribution in [-0.2, 0) is 11.3 Å². The Balaban J connectivity index is 1.67. The van der Waals surface area contributed by atoms with Crippen LogP contribution < -0.4 is 10.1 Å². The van der Waals surface area contributed by atoms with Gasteiger partial charge in [-0.1, -0.05) is 18.2 Å². The summed E-state index contributed by atoms with van der Waals surface area (Å²) in [6.07, 6.45) is 1.83. The molecule has 5 nitrogen and oxygen atoms in total. The van der Waals surface area contributed by atoms with E-state index in [2.05, 4.69) is 10.4 Å². The molecular weight excluding hydrogens is 290 g/mol. The van der Waals surface area contributed by atoms with Crippen molar-refractivity contribution in [3.8, 4) is 5.75 Å². The molecule has 0 atom stereocenters. The normalized spacial score (nSPS) is 10.7. The van der Waals surface area contributed by atoms with Crippen LogP contribution in [-0.4, -0.2) is 22.3 Å². The van der Waals surface area contributed by atoms with Crippen LogP contribution in [0, 0.1) is 6.92 Å². The van der Waals surface area contributed by atoms with Gasteiger partial charge >= 0.3 is 0 Å². The molecule has 2 aromatic carbocycles. The van der Waals surface area contributed by atoms with Crippen LogP contribution in [0.15, 0.2) is 48.7 Å². The van der Waals surface area contributed by atoms with E-state index in [1.807, 2.05) is 67.2 Å². The fraction of sp³-hybridized carbons (Fsp3) is 0.222. The highest BCUT2D eigenvalue weighted by molar-refractivity contribution is 5.94. The summed E-state index contributed by atoms with van der Waals surface area (Å²) in [6.45, 7) is 4.76. The number of ether oxygens (including phenoxy) is 1. The van der Waals surface area contributed by atoms with Gasteiger partial charge < -0.3 is 10.1 Å². The smallest absolute Gasteiger partial charge is 0.262 e. The molecular formula is C18H19N3O2. The first-order chi connectivity index (χ1) is 11.2. The summed E-state index contributed by atoms with van der Waals surface area (Å²) in [7, 11) is 0. The van der Waals surface area contributed by atoms with Crippen molar-refractivity contribution >= 4 is 22.5 Å². The molecule has 0 saturated heterocycles. The maximum atomic E-state index is 12.1. The topological polar surface area (TPSA) is 56.2 Å². The van der Waals surface area contributed by atoms with E-state index >= 15 is 0 Å². The molecule has 1 amide bonds. The number of amides is 1. The first-order valence-electron chi connectivity index (χ1n) is 7.61. The summed E-state index contributed by atoms with van der Waals surface area (Å²) in [4.78, 5) is 12.1. The fourth-order valence-corrected chi connectivity index (χ4v) is 2.46. The van der Waals surface area contributed by atoms with Gasteiger partial charge in [0, 0.05) is 17.6 Å². The van der Waals surface area contributed by atoms with Crippen molar-refractivity contribution < 1.29 is 9.53 Å². The average molecular weight is 309 g/mol. The Hall–Kier alpha value is -2.82. The number of rotatable bonds is 5. The van der Waals surface area contributed by atoms with Crippen molar-refractivity contribution in [1.82, 2.24) is 9.78 Å². The molecule has 3 rings (SSSR count). The predicted octanol–water partition coefficient (Wildman–Crippen LogP) is 3.38. The lowest BCUT2D eigenvalue weighted by Crippen LogP contribution is -2.20. The van der Waals surface area contributed by atoms with Crippen molar-refractivity contribution in [2.75, 3.05) is 11.9 Å². The molecule has 0 aliphatic carbocycles. The molecule has 0 fully saturated rings. The maximum Gasteiger partial charge on any atom is 0.262 e. The lowest BCUT2D eigenvalue weighted by atomic mass is 10.2. The fourth-order valence-electron chi connectivity index (χ4n) is 2.46. The lowest BCUT2D eigenvalue weighted by molar-refractivity contribution is -0.118. The van der Waals surface area contributed by atoms with Crippen LogP contribution in [0.25, 0.3) is 10.9 Å². The van der Waals surface area contributed by atoms with Gasteiger partial charge in [-0.15, -0.1) is 0 Å². The number of hydrogen-bond acceptors (Lipinski definition) is 3. The number of para-hydroxylation sites is 1. The van der Waals surface area contributed by atoms with Gasteiger partial charge in [0.15, 0.2) is 6.61 Å².